The van der Waals surface area contributed by atoms with Crippen LogP contribution >= 0.6 is 31.9 Å². The SMILES string of the molecule is Cc1cc(Br)c(S(=O)(=O)NCCNC(=O)N(C)C)cc1Br. The standard InChI is InChI=1S/C12H17Br2N3O3S/c1-8-6-10(14)11(7-9(8)13)21(19,20)16-5-4-15-12(18)17(2)3/h6-7,16H,4-5H2,1-3H3,(H,15,18). The Labute approximate surface area is 141 Å². The normalized spacial score (nSPS) is 11.3. The third-order valence-corrected chi connectivity index (χ3v) is 5.88. The number of hydrogen-bond acceptors (Lipinski definition) is 3. The number of sulfonamides is 1. The Morgan fingerprint density at radius 2 is 1.81 bits per heavy atom. The largest absolute Gasteiger partial charge is 0.337 e. The zero-order chi connectivity index (χ0) is 16.2. The molecule has 1 aromatic carbocycles. The van der Waals surface area contributed by atoms with E-state index < -0.39 is 10.0 Å². The Morgan fingerprint density at radius 1 is 1.19 bits per heavy atom. The van der Waals surface area contributed by atoms with Crippen LogP contribution in [0.2, 0.25) is 0 Å². The number of amides is 2. The van der Waals surface area contributed by atoms with E-state index in [2.05, 4.69) is 41.9 Å². The summed E-state index contributed by atoms with van der Waals surface area (Å²) in [5, 5.41) is 2.58. The van der Waals surface area contributed by atoms with Crippen LogP contribution in [0, 0.1) is 6.92 Å². The van der Waals surface area contributed by atoms with Gasteiger partial charge in [-0.2, -0.15) is 0 Å². The molecule has 0 bridgehead atoms. The fourth-order valence-electron chi connectivity index (χ4n) is 1.42. The number of carbonyl (C=O) groups is 1. The summed E-state index contributed by atoms with van der Waals surface area (Å²) in [6, 6.07) is 3.00. The molecule has 118 valence electrons. The van der Waals surface area contributed by atoms with Crippen molar-refractivity contribution in [3.63, 3.8) is 0 Å². The zero-order valence-corrected chi connectivity index (χ0v) is 15.9. The summed E-state index contributed by atoms with van der Waals surface area (Å²) in [6.07, 6.45) is 0. The van der Waals surface area contributed by atoms with Crippen LogP contribution in [0.5, 0.6) is 0 Å². The maximum atomic E-state index is 12.2. The monoisotopic (exact) mass is 441 g/mol. The Kier molecular flexibility index (Phi) is 6.64. The second-order valence-electron chi connectivity index (χ2n) is 4.56. The Bertz CT molecular complexity index is 633. The van der Waals surface area contributed by atoms with E-state index in [0.29, 0.717) is 8.95 Å². The fourth-order valence-corrected chi connectivity index (χ4v) is 4.13. The molecule has 0 aromatic heterocycles. The van der Waals surface area contributed by atoms with Crippen molar-refractivity contribution in [1.29, 1.82) is 0 Å². The highest BCUT2D eigenvalue weighted by atomic mass is 79.9. The summed E-state index contributed by atoms with van der Waals surface area (Å²) >= 11 is 6.57. The Balaban J connectivity index is 2.71. The molecule has 0 heterocycles. The van der Waals surface area contributed by atoms with Gasteiger partial charge in [0.2, 0.25) is 10.0 Å². The van der Waals surface area contributed by atoms with Gasteiger partial charge in [0, 0.05) is 36.1 Å². The first-order chi connectivity index (χ1) is 9.65. The highest BCUT2D eigenvalue weighted by Gasteiger charge is 2.18. The first-order valence-corrected chi connectivity index (χ1v) is 9.12. The lowest BCUT2D eigenvalue weighted by Gasteiger charge is -2.13. The van der Waals surface area contributed by atoms with Gasteiger partial charge in [0.1, 0.15) is 0 Å². The molecule has 0 aliphatic rings. The molecule has 0 aliphatic heterocycles. The van der Waals surface area contributed by atoms with Crippen molar-refractivity contribution in [2.45, 2.75) is 11.8 Å². The number of urea groups is 1. The number of nitrogens with zero attached hydrogens (tertiary/aromatic N) is 1. The Morgan fingerprint density at radius 3 is 2.38 bits per heavy atom. The maximum absolute atomic E-state index is 12.2. The summed E-state index contributed by atoms with van der Waals surface area (Å²) in [4.78, 5) is 12.8. The molecular weight excluding hydrogens is 426 g/mol. The van der Waals surface area contributed by atoms with Crippen LogP contribution in [0.4, 0.5) is 4.79 Å². The molecule has 0 unspecified atom stereocenters. The lowest BCUT2D eigenvalue weighted by atomic mass is 10.2. The number of halogens is 2. The van der Waals surface area contributed by atoms with Gasteiger partial charge in [-0.25, -0.2) is 17.9 Å². The van der Waals surface area contributed by atoms with Crippen LogP contribution in [0.15, 0.2) is 26.0 Å². The number of nitrogens with one attached hydrogen (secondary N) is 2. The lowest BCUT2D eigenvalue weighted by Crippen LogP contribution is -2.39. The van der Waals surface area contributed by atoms with Gasteiger partial charge in [-0.3, -0.25) is 0 Å². The third-order valence-electron chi connectivity index (χ3n) is 2.60. The minimum Gasteiger partial charge on any atom is -0.337 e. The van der Waals surface area contributed by atoms with Crippen molar-refractivity contribution in [2.24, 2.45) is 0 Å². The second-order valence-corrected chi connectivity index (χ2v) is 8.00. The molecule has 0 saturated carbocycles. The quantitative estimate of drug-likeness (QED) is 0.685. The van der Waals surface area contributed by atoms with E-state index in [1.807, 2.05) is 6.92 Å². The van der Waals surface area contributed by atoms with E-state index >= 15 is 0 Å². The highest BCUT2D eigenvalue weighted by Crippen LogP contribution is 2.28. The summed E-state index contributed by atoms with van der Waals surface area (Å²) in [5.41, 5.74) is 0.930. The number of carbonyl (C=O) groups excluding carboxylic acids is 1. The number of rotatable bonds is 5. The van der Waals surface area contributed by atoms with E-state index in [4.69, 9.17) is 0 Å². The average Bonchev–Trinajstić information content (AvgIpc) is 2.38. The molecule has 0 spiro atoms. The van der Waals surface area contributed by atoms with E-state index in [1.165, 1.54) is 4.90 Å². The van der Waals surface area contributed by atoms with Crippen molar-refractivity contribution < 1.29 is 13.2 Å². The van der Waals surface area contributed by atoms with Crippen LogP contribution < -0.4 is 10.0 Å². The van der Waals surface area contributed by atoms with Crippen LogP contribution in [-0.4, -0.2) is 46.5 Å². The predicted octanol–water partition coefficient (Wildman–Crippen LogP) is 2.07. The topological polar surface area (TPSA) is 78.5 Å². The van der Waals surface area contributed by atoms with E-state index in [0.717, 1.165) is 5.56 Å². The average molecular weight is 443 g/mol. The Hall–Kier alpha value is -0.640. The molecule has 0 saturated heterocycles. The molecule has 6 nitrogen and oxygen atoms in total. The van der Waals surface area contributed by atoms with E-state index in [1.54, 1.807) is 26.2 Å². The van der Waals surface area contributed by atoms with Crippen molar-refractivity contribution in [1.82, 2.24) is 14.9 Å². The summed E-state index contributed by atoms with van der Waals surface area (Å²) < 4.78 is 28.1. The van der Waals surface area contributed by atoms with E-state index in [-0.39, 0.29) is 24.0 Å². The fraction of sp³-hybridized carbons (Fsp3) is 0.417. The van der Waals surface area contributed by atoms with Gasteiger partial charge in [-0.1, -0.05) is 15.9 Å². The second kappa shape index (κ2) is 7.57. The lowest BCUT2D eigenvalue weighted by molar-refractivity contribution is 0.217. The molecule has 0 fully saturated rings. The van der Waals surface area contributed by atoms with Crippen molar-refractivity contribution >= 4 is 47.9 Å². The highest BCUT2D eigenvalue weighted by molar-refractivity contribution is 9.11. The maximum Gasteiger partial charge on any atom is 0.316 e. The van der Waals surface area contributed by atoms with Gasteiger partial charge in [0.15, 0.2) is 0 Å². The number of aryl methyl sites for hydroxylation is 1. The van der Waals surface area contributed by atoms with Crippen LogP contribution in [0.1, 0.15) is 5.56 Å². The molecule has 21 heavy (non-hydrogen) atoms. The van der Waals surface area contributed by atoms with Crippen molar-refractivity contribution in [3.8, 4) is 0 Å². The smallest absolute Gasteiger partial charge is 0.316 e. The van der Waals surface area contributed by atoms with Crippen molar-refractivity contribution in [2.75, 3.05) is 27.2 Å². The van der Waals surface area contributed by atoms with Gasteiger partial charge >= 0.3 is 6.03 Å². The number of benzene rings is 1. The van der Waals surface area contributed by atoms with Gasteiger partial charge in [-0.05, 0) is 40.5 Å². The minimum absolute atomic E-state index is 0.111. The summed E-state index contributed by atoms with van der Waals surface area (Å²) in [5.74, 6) is 0. The summed E-state index contributed by atoms with van der Waals surface area (Å²) in [7, 11) is -0.417. The van der Waals surface area contributed by atoms with Crippen molar-refractivity contribution in [3.05, 3.63) is 26.6 Å². The molecule has 0 radical (unpaired) electrons. The van der Waals surface area contributed by atoms with Gasteiger partial charge in [-0.15, -0.1) is 0 Å². The first-order valence-electron chi connectivity index (χ1n) is 6.05. The van der Waals surface area contributed by atoms with Crippen LogP contribution in [-0.2, 0) is 10.0 Å². The van der Waals surface area contributed by atoms with Crippen LogP contribution in [0.3, 0.4) is 0 Å². The van der Waals surface area contributed by atoms with Gasteiger partial charge < -0.3 is 10.2 Å². The summed E-state index contributed by atoms with van der Waals surface area (Å²) in [6.45, 7) is 2.19. The molecule has 9 heteroatoms. The molecule has 0 aliphatic carbocycles. The molecule has 1 aromatic rings. The predicted molar refractivity (Wildman–Crippen MR) is 88.9 cm³/mol. The van der Waals surface area contributed by atoms with Gasteiger partial charge in [0.05, 0.1) is 4.90 Å². The van der Waals surface area contributed by atoms with Gasteiger partial charge in [0.25, 0.3) is 0 Å². The number of hydrogen-bond donors (Lipinski definition) is 2. The molecule has 2 N–H and O–H groups in total. The first kappa shape index (κ1) is 18.4. The molecule has 1 rings (SSSR count). The molecule has 2 amide bonds. The molecule has 0 atom stereocenters. The molecular formula is C12H17Br2N3O3S. The minimum atomic E-state index is -3.64. The zero-order valence-electron chi connectivity index (χ0n) is 11.9. The third kappa shape index (κ3) is 5.24. The van der Waals surface area contributed by atoms with Crippen LogP contribution in [0.25, 0.3) is 0 Å². The van der Waals surface area contributed by atoms with E-state index in [9.17, 15) is 13.2 Å².